The van der Waals surface area contributed by atoms with Gasteiger partial charge in [0.2, 0.25) is 5.91 Å². The Morgan fingerprint density at radius 1 is 1.00 bits per heavy atom. The Labute approximate surface area is 219 Å². The van der Waals surface area contributed by atoms with Crippen LogP contribution in [0.3, 0.4) is 0 Å². The summed E-state index contributed by atoms with van der Waals surface area (Å²) in [5.41, 5.74) is 3.80. The van der Waals surface area contributed by atoms with E-state index >= 15 is 0 Å². The van der Waals surface area contributed by atoms with E-state index in [1.807, 2.05) is 71.4 Å². The van der Waals surface area contributed by atoms with E-state index in [1.54, 1.807) is 14.2 Å². The Hall–Kier alpha value is -4.24. The molecule has 0 spiro atoms. The minimum absolute atomic E-state index is 0.0678. The minimum atomic E-state index is -0.0678. The van der Waals surface area contributed by atoms with Crippen LogP contribution in [0.5, 0.6) is 11.5 Å². The molecule has 8 nitrogen and oxygen atoms in total. The van der Waals surface area contributed by atoms with Crippen molar-refractivity contribution >= 4 is 28.6 Å². The number of carbonyl (C=O) groups is 1. The van der Waals surface area contributed by atoms with Crippen molar-refractivity contribution in [2.24, 2.45) is 0 Å². The van der Waals surface area contributed by atoms with E-state index in [0.717, 1.165) is 28.6 Å². The average molecular weight is 514 g/mol. The number of hydrogen-bond donors (Lipinski definition) is 2. The molecule has 0 fully saturated rings. The molecule has 0 aliphatic rings. The number of thioether (sulfide) groups is 1. The van der Waals surface area contributed by atoms with Crippen LogP contribution >= 0.6 is 11.8 Å². The van der Waals surface area contributed by atoms with Gasteiger partial charge in [0.15, 0.2) is 11.0 Å². The van der Waals surface area contributed by atoms with Gasteiger partial charge >= 0.3 is 0 Å². The topological polar surface area (TPSA) is 94.1 Å². The fourth-order valence-corrected chi connectivity index (χ4v) is 4.93. The molecule has 0 atom stereocenters. The highest BCUT2D eigenvalue weighted by atomic mass is 32.2. The number of carbonyl (C=O) groups excluding carboxylic acids is 1. The molecule has 0 aliphatic carbocycles. The number of nitrogens with one attached hydrogen (secondary N) is 2. The summed E-state index contributed by atoms with van der Waals surface area (Å²) in [6.45, 7) is 0.570. The molecule has 0 saturated heterocycles. The van der Waals surface area contributed by atoms with Gasteiger partial charge in [-0.05, 0) is 30.2 Å². The largest absolute Gasteiger partial charge is 0.497 e. The highest BCUT2D eigenvalue weighted by Crippen LogP contribution is 2.36. The first-order chi connectivity index (χ1) is 18.2. The average Bonchev–Trinajstić information content (AvgIpc) is 3.56. The zero-order valence-electron chi connectivity index (χ0n) is 20.6. The molecule has 0 saturated carbocycles. The fraction of sp³-hybridized carbons (Fsp3) is 0.179. The maximum atomic E-state index is 12.6. The number of H-pyrrole nitrogens is 1. The molecule has 0 aliphatic heterocycles. The van der Waals surface area contributed by atoms with Crippen molar-refractivity contribution in [2.75, 3.05) is 26.5 Å². The van der Waals surface area contributed by atoms with Crippen LogP contribution in [0.4, 0.5) is 0 Å². The number of hydrogen-bond acceptors (Lipinski definition) is 6. The number of amides is 1. The predicted octanol–water partition coefficient (Wildman–Crippen LogP) is 4.88. The van der Waals surface area contributed by atoms with Gasteiger partial charge in [-0.2, -0.15) is 0 Å². The summed E-state index contributed by atoms with van der Waals surface area (Å²) in [5.74, 6) is 2.07. The number of aromatic amines is 1. The molecule has 5 aromatic rings. The van der Waals surface area contributed by atoms with Gasteiger partial charge in [0.1, 0.15) is 11.5 Å². The Morgan fingerprint density at radius 2 is 1.81 bits per heavy atom. The summed E-state index contributed by atoms with van der Waals surface area (Å²) in [5, 5.41) is 13.6. The molecule has 5 rings (SSSR count). The standard InChI is InChI=1S/C28H27N5O3S/c1-35-20-12-13-25(36-2)24(16-20)33-27(22-17-30-23-11-7-6-10-21(22)23)31-32-28(33)37-18-26(34)29-15-14-19-8-4-3-5-9-19/h3-13,16-17,30H,14-15,18H2,1-2H3,(H,29,34). The summed E-state index contributed by atoms with van der Waals surface area (Å²) < 4.78 is 13.1. The second kappa shape index (κ2) is 11.2. The van der Waals surface area contributed by atoms with E-state index in [4.69, 9.17) is 9.47 Å². The normalized spacial score (nSPS) is 11.0. The van der Waals surface area contributed by atoms with Gasteiger partial charge in [0.25, 0.3) is 0 Å². The van der Waals surface area contributed by atoms with E-state index in [0.29, 0.717) is 29.0 Å². The van der Waals surface area contributed by atoms with E-state index in [9.17, 15) is 4.79 Å². The number of para-hydroxylation sites is 1. The number of fused-ring (bicyclic) bond motifs is 1. The van der Waals surface area contributed by atoms with Crippen molar-refractivity contribution in [1.29, 1.82) is 0 Å². The Bertz CT molecular complexity index is 1510. The van der Waals surface area contributed by atoms with E-state index in [2.05, 4.69) is 32.6 Å². The molecular formula is C28H27N5O3S. The van der Waals surface area contributed by atoms with Crippen molar-refractivity contribution < 1.29 is 14.3 Å². The molecule has 0 bridgehead atoms. The highest BCUT2D eigenvalue weighted by Gasteiger charge is 2.22. The monoisotopic (exact) mass is 513 g/mol. The van der Waals surface area contributed by atoms with Crippen LogP contribution in [0.1, 0.15) is 5.56 Å². The third-order valence-electron chi connectivity index (χ3n) is 6.00. The van der Waals surface area contributed by atoms with E-state index < -0.39 is 0 Å². The Kier molecular flexibility index (Phi) is 7.41. The van der Waals surface area contributed by atoms with Crippen LogP contribution in [-0.4, -0.2) is 52.2 Å². The van der Waals surface area contributed by atoms with Crippen LogP contribution in [0, 0.1) is 0 Å². The van der Waals surface area contributed by atoms with Gasteiger partial charge < -0.3 is 19.8 Å². The number of methoxy groups -OCH3 is 2. The number of nitrogens with zero attached hydrogens (tertiary/aromatic N) is 3. The molecule has 37 heavy (non-hydrogen) atoms. The predicted molar refractivity (Wildman–Crippen MR) is 146 cm³/mol. The van der Waals surface area contributed by atoms with Crippen LogP contribution in [0.25, 0.3) is 28.0 Å². The second-order valence-electron chi connectivity index (χ2n) is 8.30. The zero-order chi connectivity index (χ0) is 25.6. The van der Waals surface area contributed by atoms with Gasteiger partial charge in [0, 0.05) is 35.3 Å². The number of rotatable bonds is 10. The fourth-order valence-electron chi connectivity index (χ4n) is 4.16. The molecule has 2 N–H and O–H groups in total. The van der Waals surface area contributed by atoms with Gasteiger partial charge in [-0.25, -0.2) is 0 Å². The highest BCUT2D eigenvalue weighted by molar-refractivity contribution is 7.99. The van der Waals surface area contributed by atoms with Crippen molar-refractivity contribution in [3.63, 3.8) is 0 Å². The van der Waals surface area contributed by atoms with Gasteiger partial charge in [-0.3, -0.25) is 9.36 Å². The van der Waals surface area contributed by atoms with Crippen molar-refractivity contribution in [3.8, 4) is 28.6 Å². The Balaban J connectivity index is 1.44. The summed E-state index contributed by atoms with van der Waals surface area (Å²) in [7, 11) is 3.24. The summed E-state index contributed by atoms with van der Waals surface area (Å²) in [4.78, 5) is 16.0. The lowest BCUT2D eigenvalue weighted by atomic mass is 10.1. The lowest BCUT2D eigenvalue weighted by Gasteiger charge is -2.15. The van der Waals surface area contributed by atoms with Gasteiger partial charge in [-0.15, -0.1) is 10.2 Å². The molecule has 1 amide bonds. The lowest BCUT2D eigenvalue weighted by molar-refractivity contribution is -0.118. The van der Waals surface area contributed by atoms with Crippen LogP contribution in [-0.2, 0) is 11.2 Å². The molecule has 2 aromatic heterocycles. The molecule has 0 unspecified atom stereocenters. The van der Waals surface area contributed by atoms with E-state index in [1.165, 1.54) is 17.3 Å². The van der Waals surface area contributed by atoms with Crippen LogP contribution < -0.4 is 14.8 Å². The van der Waals surface area contributed by atoms with Gasteiger partial charge in [-0.1, -0.05) is 60.3 Å². The number of benzene rings is 3. The lowest BCUT2D eigenvalue weighted by Crippen LogP contribution is -2.27. The summed E-state index contributed by atoms with van der Waals surface area (Å²) >= 11 is 1.32. The van der Waals surface area contributed by atoms with Crippen molar-refractivity contribution in [2.45, 2.75) is 11.6 Å². The Morgan fingerprint density at radius 3 is 2.62 bits per heavy atom. The number of aromatic nitrogens is 4. The molecule has 188 valence electrons. The molecule has 2 heterocycles. The first-order valence-electron chi connectivity index (χ1n) is 11.9. The second-order valence-corrected chi connectivity index (χ2v) is 9.24. The summed E-state index contributed by atoms with van der Waals surface area (Å²) in [6.07, 6.45) is 2.70. The van der Waals surface area contributed by atoms with E-state index in [-0.39, 0.29) is 11.7 Å². The maximum absolute atomic E-state index is 12.6. The first-order valence-corrected chi connectivity index (χ1v) is 12.8. The third-order valence-corrected chi connectivity index (χ3v) is 6.93. The minimum Gasteiger partial charge on any atom is -0.497 e. The maximum Gasteiger partial charge on any atom is 0.230 e. The first kappa shape index (κ1) is 24.5. The smallest absolute Gasteiger partial charge is 0.230 e. The van der Waals surface area contributed by atoms with Gasteiger partial charge in [0.05, 0.1) is 25.7 Å². The van der Waals surface area contributed by atoms with Crippen LogP contribution in [0.15, 0.2) is 84.1 Å². The van der Waals surface area contributed by atoms with Crippen LogP contribution in [0.2, 0.25) is 0 Å². The van der Waals surface area contributed by atoms with Crippen molar-refractivity contribution in [3.05, 3.63) is 84.6 Å². The molecule has 3 aromatic carbocycles. The molecular weight excluding hydrogens is 486 g/mol. The third kappa shape index (κ3) is 5.31. The van der Waals surface area contributed by atoms with Crippen molar-refractivity contribution in [1.82, 2.24) is 25.1 Å². The SMILES string of the molecule is COc1ccc(OC)c(-n2c(SCC(=O)NCCc3ccccc3)nnc2-c2c[nH]c3ccccc23)c1. The molecule has 9 heteroatoms. The summed E-state index contributed by atoms with van der Waals surface area (Å²) in [6, 6.07) is 23.7. The molecule has 0 radical (unpaired) electrons. The number of ether oxygens (including phenoxy) is 2. The quantitative estimate of drug-likeness (QED) is 0.259. The zero-order valence-corrected chi connectivity index (χ0v) is 21.4.